The van der Waals surface area contributed by atoms with Crippen molar-refractivity contribution in [2.75, 3.05) is 45.2 Å². The Bertz CT molecular complexity index is 915. The fourth-order valence-electron chi connectivity index (χ4n) is 3.11. The molecule has 0 atom stereocenters. The van der Waals surface area contributed by atoms with Crippen LogP contribution in [0.2, 0.25) is 0 Å². The van der Waals surface area contributed by atoms with Crippen LogP contribution in [0.3, 0.4) is 0 Å². The van der Waals surface area contributed by atoms with Crippen molar-refractivity contribution < 1.29 is 19.2 Å². The largest absolute Gasteiger partial charge is 0.496 e. The number of hydrogen-bond acceptors (Lipinski definition) is 8. The van der Waals surface area contributed by atoms with Gasteiger partial charge in [-0.15, -0.1) is 0 Å². The van der Waals surface area contributed by atoms with Crippen molar-refractivity contribution in [2.45, 2.75) is 6.42 Å². The molecule has 1 N–H and O–H groups in total. The molecular formula is C19H22N6O5. The summed E-state index contributed by atoms with van der Waals surface area (Å²) in [6, 6.07) is 4.27. The smallest absolute Gasteiger partial charge is 0.296 e. The van der Waals surface area contributed by atoms with Gasteiger partial charge in [-0.1, -0.05) is 0 Å². The number of nitro benzene ring substituents is 1. The SMILES string of the molecule is COc1ccc(NC(=O)CCN2CCN(C(=O)c3cnccn3)CC2)c([N+](=O)[O-])c1. The Balaban J connectivity index is 1.47. The number of methoxy groups -OCH3 is 1. The lowest BCUT2D eigenvalue weighted by atomic mass is 10.2. The molecule has 3 rings (SSSR count). The van der Waals surface area contributed by atoms with Gasteiger partial charge < -0.3 is 15.0 Å². The number of rotatable bonds is 7. The number of nitrogens with one attached hydrogen (secondary N) is 1. The molecule has 1 aromatic heterocycles. The van der Waals surface area contributed by atoms with Gasteiger partial charge in [-0.05, 0) is 12.1 Å². The zero-order valence-corrected chi connectivity index (χ0v) is 16.5. The van der Waals surface area contributed by atoms with Gasteiger partial charge in [-0.3, -0.25) is 29.6 Å². The molecule has 0 unspecified atom stereocenters. The number of hydrogen-bond donors (Lipinski definition) is 1. The topological polar surface area (TPSA) is 131 Å². The van der Waals surface area contributed by atoms with Crippen molar-refractivity contribution in [3.63, 3.8) is 0 Å². The van der Waals surface area contributed by atoms with Gasteiger partial charge in [0.15, 0.2) is 0 Å². The lowest BCUT2D eigenvalue weighted by molar-refractivity contribution is -0.384. The summed E-state index contributed by atoms with van der Waals surface area (Å²) in [7, 11) is 1.41. The average molecular weight is 414 g/mol. The van der Waals surface area contributed by atoms with Crippen molar-refractivity contribution in [1.29, 1.82) is 0 Å². The molecular weight excluding hydrogens is 392 g/mol. The number of nitro groups is 1. The summed E-state index contributed by atoms with van der Waals surface area (Å²) in [6.07, 6.45) is 4.62. The summed E-state index contributed by atoms with van der Waals surface area (Å²) in [5.41, 5.74) is 0.218. The van der Waals surface area contributed by atoms with E-state index in [1.807, 2.05) is 0 Å². The van der Waals surface area contributed by atoms with Crippen molar-refractivity contribution in [2.24, 2.45) is 0 Å². The quantitative estimate of drug-likeness (QED) is 0.528. The number of aromatic nitrogens is 2. The Morgan fingerprint density at radius 3 is 2.63 bits per heavy atom. The molecule has 2 aromatic rings. The second kappa shape index (κ2) is 9.74. The van der Waals surface area contributed by atoms with E-state index in [-0.39, 0.29) is 29.6 Å². The van der Waals surface area contributed by atoms with E-state index >= 15 is 0 Å². The van der Waals surface area contributed by atoms with E-state index in [1.165, 1.54) is 37.8 Å². The Labute approximate surface area is 172 Å². The van der Waals surface area contributed by atoms with Gasteiger partial charge in [0.05, 0.1) is 24.3 Å². The maximum atomic E-state index is 12.4. The third-order valence-corrected chi connectivity index (χ3v) is 4.77. The van der Waals surface area contributed by atoms with Crippen molar-refractivity contribution in [3.05, 3.63) is 52.6 Å². The van der Waals surface area contributed by atoms with Gasteiger partial charge >= 0.3 is 0 Å². The number of amides is 2. The molecule has 11 heteroatoms. The van der Waals surface area contributed by atoms with Crippen LogP contribution in [-0.4, -0.2) is 76.3 Å². The minimum atomic E-state index is -0.564. The molecule has 0 saturated carbocycles. The Morgan fingerprint density at radius 2 is 2.00 bits per heavy atom. The van der Waals surface area contributed by atoms with Gasteiger partial charge in [0.1, 0.15) is 17.1 Å². The van der Waals surface area contributed by atoms with Gasteiger partial charge in [-0.25, -0.2) is 4.98 Å². The minimum absolute atomic E-state index is 0.130. The van der Waals surface area contributed by atoms with Crippen LogP contribution >= 0.6 is 0 Å². The highest BCUT2D eigenvalue weighted by Crippen LogP contribution is 2.29. The molecule has 2 heterocycles. The third kappa shape index (κ3) is 5.26. The fraction of sp³-hybridized carbons (Fsp3) is 0.368. The van der Waals surface area contributed by atoms with Crippen LogP contribution in [-0.2, 0) is 4.79 Å². The first-order valence-corrected chi connectivity index (χ1v) is 9.38. The molecule has 0 bridgehead atoms. The minimum Gasteiger partial charge on any atom is -0.496 e. The molecule has 30 heavy (non-hydrogen) atoms. The molecule has 0 spiro atoms. The van der Waals surface area contributed by atoms with E-state index in [0.717, 1.165) is 0 Å². The summed E-state index contributed by atoms with van der Waals surface area (Å²) >= 11 is 0. The van der Waals surface area contributed by atoms with Crippen molar-refractivity contribution in [1.82, 2.24) is 19.8 Å². The van der Waals surface area contributed by atoms with Gasteiger partial charge in [0.25, 0.3) is 11.6 Å². The number of carbonyl (C=O) groups is 2. The van der Waals surface area contributed by atoms with Crippen LogP contribution in [0, 0.1) is 10.1 Å². The van der Waals surface area contributed by atoms with Crippen molar-refractivity contribution in [3.8, 4) is 5.75 Å². The number of carbonyl (C=O) groups excluding carboxylic acids is 2. The lowest BCUT2D eigenvalue weighted by Crippen LogP contribution is -2.49. The first-order chi connectivity index (χ1) is 14.5. The number of ether oxygens (including phenoxy) is 1. The summed E-state index contributed by atoms with van der Waals surface area (Å²) in [5, 5.41) is 13.8. The Morgan fingerprint density at radius 1 is 1.23 bits per heavy atom. The highest BCUT2D eigenvalue weighted by atomic mass is 16.6. The van der Waals surface area contributed by atoms with Crippen LogP contribution in [0.5, 0.6) is 5.75 Å². The second-order valence-corrected chi connectivity index (χ2v) is 6.66. The van der Waals surface area contributed by atoms with Crippen LogP contribution < -0.4 is 10.1 Å². The zero-order chi connectivity index (χ0) is 21.5. The van der Waals surface area contributed by atoms with Crippen LogP contribution in [0.25, 0.3) is 0 Å². The van der Waals surface area contributed by atoms with Crippen LogP contribution in [0.15, 0.2) is 36.8 Å². The Kier molecular flexibility index (Phi) is 6.86. The first-order valence-electron chi connectivity index (χ1n) is 9.38. The molecule has 2 amide bonds. The highest BCUT2D eigenvalue weighted by molar-refractivity contribution is 5.93. The monoisotopic (exact) mass is 414 g/mol. The van der Waals surface area contributed by atoms with E-state index in [0.29, 0.717) is 44.2 Å². The van der Waals surface area contributed by atoms with E-state index in [1.54, 1.807) is 11.0 Å². The summed E-state index contributed by atoms with van der Waals surface area (Å²) in [5.74, 6) is -0.137. The van der Waals surface area contributed by atoms with Crippen molar-refractivity contribution >= 4 is 23.2 Å². The predicted molar refractivity (Wildman–Crippen MR) is 107 cm³/mol. The lowest BCUT2D eigenvalue weighted by Gasteiger charge is -2.34. The highest BCUT2D eigenvalue weighted by Gasteiger charge is 2.23. The number of anilines is 1. The molecule has 1 aliphatic heterocycles. The average Bonchev–Trinajstić information content (AvgIpc) is 2.78. The normalized spacial score (nSPS) is 14.2. The maximum Gasteiger partial charge on any atom is 0.296 e. The summed E-state index contributed by atoms with van der Waals surface area (Å²) in [6.45, 7) is 2.80. The maximum absolute atomic E-state index is 12.4. The van der Waals surface area contributed by atoms with Crippen LogP contribution in [0.4, 0.5) is 11.4 Å². The molecule has 11 nitrogen and oxygen atoms in total. The van der Waals surface area contributed by atoms with Crippen LogP contribution in [0.1, 0.15) is 16.9 Å². The van der Waals surface area contributed by atoms with E-state index < -0.39 is 4.92 Å². The number of nitrogens with zero attached hydrogens (tertiary/aromatic N) is 5. The summed E-state index contributed by atoms with van der Waals surface area (Å²) < 4.78 is 4.99. The van der Waals surface area contributed by atoms with E-state index in [2.05, 4.69) is 20.2 Å². The second-order valence-electron chi connectivity index (χ2n) is 6.66. The molecule has 1 saturated heterocycles. The standard InChI is InChI=1S/C19H22N6O5/c1-30-14-2-3-15(17(12-14)25(28)29)22-18(26)4-7-23-8-10-24(11-9-23)19(27)16-13-20-5-6-21-16/h2-3,5-6,12-13H,4,7-11H2,1H3,(H,22,26). The fourth-order valence-corrected chi connectivity index (χ4v) is 3.11. The first kappa shape index (κ1) is 21.1. The molecule has 1 fully saturated rings. The summed E-state index contributed by atoms with van der Waals surface area (Å²) in [4.78, 5) is 47.0. The third-order valence-electron chi connectivity index (χ3n) is 4.77. The molecule has 158 valence electrons. The van der Waals surface area contributed by atoms with Gasteiger partial charge in [-0.2, -0.15) is 0 Å². The van der Waals surface area contributed by atoms with E-state index in [9.17, 15) is 19.7 Å². The molecule has 1 aliphatic rings. The Hall–Kier alpha value is -3.60. The van der Waals surface area contributed by atoms with E-state index in [4.69, 9.17) is 4.74 Å². The predicted octanol–water partition coefficient (Wildman–Crippen LogP) is 1.18. The molecule has 0 aliphatic carbocycles. The molecule has 0 radical (unpaired) electrons. The van der Waals surface area contributed by atoms with Gasteiger partial charge in [0.2, 0.25) is 5.91 Å². The van der Waals surface area contributed by atoms with Gasteiger partial charge in [0, 0.05) is 51.5 Å². The number of benzene rings is 1. The zero-order valence-electron chi connectivity index (χ0n) is 16.5. The number of piperazine rings is 1. The molecule has 1 aromatic carbocycles.